The van der Waals surface area contributed by atoms with Crippen molar-refractivity contribution in [2.24, 2.45) is 0 Å². The van der Waals surface area contributed by atoms with Crippen LogP contribution in [-0.4, -0.2) is 46.4 Å². The number of carbonyl (C=O) groups is 2. The van der Waals surface area contributed by atoms with Gasteiger partial charge in [-0.3, -0.25) is 14.9 Å². The topological polar surface area (TPSA) is 127 Å². The highest BCUT2D eigenvalue weighted by Crippen LogP contribution is 2.29. The highest BCUT2D eigenvalue weighted by Gasteiger charge is 2.15. The zero-order chi connectivity index (χ0) is 16.5. The molecular weight excluding hydrogens is 312 g/mol. The average molecular weight is 328 g/mol. The molecule has 0 saturated carbocycles. The Balaban J connectivity index is 0.000000745. The van der Waals surface area contributed by atoms with Gasteiger partial charge in [0.25, 0.3) is 12.4 Å². The predicted molar refractivity (Wildman–Crippen MR) is 78.7 cm³/mol. The Morgan fingerprint density at radius 2 is 2.14 bits per heavy atom. The van der Waals surface area contributed by atoms with Gasteiger partial charge in [-0.2, -0.15) is 0 Å². The van der Waals surface area contributed by atoms with Crippen molar-refractivity contribution in [1.29, 1.82) is 0 Å². The maximum atomic E-state index is 11.5. The third kappa shape index (κ3) is 5.22. The standard InChI is InChI=1S/C11H14N4O3S.CH2O2/c1-6-9(19-7(2)12-6)10-14-15-11(18-10)13-8(16)4-5-17-3;2-1-3/h4-5H2,1-3H3,(H,13,15,16);1H,(H,2,3). The Hall–Kier alpha value is -2.33. The lowest BCUT2D eigenvalue weighted by Crippen LogP contribution is -2.13. The molecule has 0 saturated heterocycles. The van der Waals surface area contributed by atoms with Gasteiger partial charge < -0.3 is 14.3 Å². The normalized spacial score (nSPS) is 9.77. The van der Waals surface area contributed by atoms with Crippen molar-refractivity contribution in [2.75, 3.05) is 19.0 Å². The van der Waals surface area contributed by atoms with Crippen LogP contribution in [0.4, 0.5) is 6.01 Å². The molecule has 2 rings (SSSR count). The predicted octanol–water partition coefficient (Wildman–Crippen LogP) is 1.49. The van der Waals surface area contributed by atoms with Gasteiger partial charge in [0.15, 0.2) is 0 Å². The van der Waals surface area contributed by atoms with Gasteiger partial charge >= 0.3 is 6.01 Å². The number of hydrogen-bond donors (Lipinski definition) is 2. The van der Waals surface area contributed by atoms with Gasteiger partial charge in [0.05, 0.1) is 23.7 Å². The van der Waals surface area contributed by atoms with E-state index in [0.29, 0.717) is 12.5 Å². The summed E-state index contributed by atoms with van der Waals surface area (Å²) in [4.78, 5) is 24.9. The van der Waals surface area contributed by atoms with Crippen LogP contribution in [0.15, 0.2) is 4.42 Å². The molecule has 0 bridgehead atoms. The van der Waals surface area contributed by atoms with Crippen LogP contribution < -0.4 is 5.32 Å². The summed E-state index contributed by atoms with van der Waals surface area (Å²) in [6.45, 7) is 3.88. The van der Waals surface area contributed by atoms with E-state index in [1.165, 1.54) is 18.4 Å². The number of rotatable bonds is 5. The van der Waals surface area contributed by atoms with E-state index in [4.69, 9.17) is 19.1 Å². The Bertz CT molecular complexity index is 625. The van der Waals surface area contributed by atoms with Gasteiger partial charge in [0.2, 0.25) is 5.91 Å². The quantitative estimate of drug-likeness (QED) is 0.790. The Kier molecular flexibility index (Phi) is 7.13. The molecule has 1 amide bonds. The van der Waals surface area contributed by atoms with Crippen molar-refractivity contribution in [3.63, 3.8) is 0 Å². The van der Waals surface area contributed by atoms with Crippen LogP contribution in [0.2, 0.25) is 0 Å². The molecule has 10 heteroatoms. The summed E-state index contributed by atoms with van der Waals surface area (Å²) in [7, 11) is 1.53. The maximum absolute atomic E-state index is 11.5. The maximum Gasteiger partial charge on any atom is 0.322 e. The zero-order valence-corrected chi connectivity index (χ0v) is 13.1. The SMILES string of the molecule is COCCC(=O)Nc1nnc(-c2sc(C)nc2C)o1.O=CO. The summed E-state index contributed by atoms with van der Waals surface area (Å²) < 4.78 is 10.2. The Morgan fingerprint density at radius 1 is 1.45 bits per heavy atom. The van der Waals surface area contributed by atoms with E-state index < -0.39 is 0 Å². The molecule has 0 aliphatic heterocycles. The average Bonchev–Trinajstić information content (AvgIpc) is 3.03. The molecule has 0 aliphatic rings. The molecule has 0 spiro atoms. The molecule has 0 unspecified atom stereocenters. The second-order valence-corrected chi connectivity index (χ2v) is 5.16. The van der Waals surface area contributed by atoms with Crippen molar-refractivity contribution >= 4 is 29.7 Å². The van der Waals surface area contributed by atoms with E-state index in [9.17, 15) is 4.79 Å². The van der Waals surface area contributed by atoms with Crippen molar-refractivity contribution in [3.8, 4) is 10.8 Å². The van der Waals surface area contributed by atoms with Crippen molar-refractivity contribution in [3.05, 3.63) is 10.7 Å². The second-order valence-electron chi connectivity index (χ2n) is 3.96. The van der Waals surface area contributed by atoms with Gasteiger partial charge in [-0.25, -0.2) is 4.98 Å². The molecule has 0 aromatic carbocycles. The number of aryl methyl sites for hydroxylation is 2. The molecule has 22 heavy (non-hydrogen) atoms. The Labute approximate surface area is 130 Å². The number of carbonyl (C=O) groups excluding carboxylic acids is 1. The fraction of sp³-hybridized carbons (Fsp3) is 0.417. The Morgan fingerprint density at radius 3 is 2.68 bits per heavy atom. The van der Waals surface area contributed by atoms with Crippen molar-refractivity contribution in [2.45, 2.75) is 20.3 Å². The van der Waals surface area contributed by atoms with Crippen LogP contribution in [0.25, 0.3) is 10.8 Å². The summed E-state index contributed by atoms with van der Waals surface area (Å²) in [5.74, 6) is 0.138. The highest BCUT2D eigenvalue weighted by atomic mass is 32.1. The summed E-state index contributed by atoms with van der Waals surface area (Å²) in [5, 5.41) is 18.0. The van der Waals surface area contributed by atoms with Gasteiger partial charge in [0.1, 0.15) is 4.88 Å². The lowest BCUT2D eigenvalue weighted by molar-refractivity contribution is -0.123. The van der Waals surface area contributed by atoms with Gasteiger partial charge in [-0.15, -0.1) is 16.4 Å². The third-order valence-corrected chi connectivity index (χ3v) is 3.36. The number of thiazole rings is 1. The molecule has 9 nitrogen and oxygen atoms in total. The van der Waals surface area contributed by atoms with Gasteiger partial charge in [-0.05, 0) is 13.8 Å². The summed E-state index contributed by atoms with van der Waals surface area (Å²) in [5.41, 5.74) is 0.836. The van der Waals surface area contributed by atoms with Crippen LogP contribution >= 0.6 is 11.3 Å². The highest BCUT2D eigenvalue weighted by molar-refractivity contribution is 7.15. The van der Waals surface area contributed by atoms with Crippen LogP contribution in [0.3, 0.4) is 0 Å². The second kappa shape index (κ2) is 8.85. The number of carboxylic acid groups (broad SMARTS) is 1. The van der Waals surface area contributed by atoms with Crippen molar-refractivity contribution < 1.29 is 23.8 Å². The van der Waals surface area contributed by atoms with E-state index >= 15 is 0 Å². The molecule has 0 atom stereocenters. The van der Waals surface area contributed by atoms with Crippen LogP contribution in [0, 0.1) is 13.8 Å². The molecular formula is C12H16N4O5S. The van der Waals surface area contributed by atoms with E-state index in [0.717, 1.165) is 15.6 Å². The van der Waals surface area contributed by atoms with E-state index in [1.807, 2.05) is 13.8 Å². The van der Waals surface area contributed by atoms with Gasteiger partial charge in [0, 0.05) is 7.11 Å². The summed E-state index contributed by atoms with van der Waals surface area (Å²) in [6, 6.07) is 0.0848. The largest absolute Gasteiger partial charge is 0.483 e. The van der Waals surface area contributed by atoms with E-state index in [1.54, 1.807) is 0 Å². The zero-order valence-electron chi connectivity index (χ0n) is 12.3. The van der Waals surface area contributed by atoms with Crippen LogP contribution in [-0.2, 0) is 14.3 Å². The van der Waals surface area contributed by atoms with Gasteiger partial charge in [-0.1, -0.05) is 5.10 Å². The monoisotopic (exact) mass is 328 g/mol. The molecule has 2 aromatic rings. The minimum Gasteiger partial charge on any atom is -0.483 e. The molecule has 2 N–H and O–H groups in total. The number of amides is 1. The molecule has 0 fully saturated rings. The van der Waals surface area contributed by atoms with Crippen LogP contribution in [0.1, 0.15) is 17.1 Å². The van der Waals surface area contributed by atoms with E-state index in [2.05, 4.69) is 20.5 Å². The van der Waals surface area contributed by atoms with Crippen molar-refractivity contribution in [1.82, 2.24) is 15.2 Å². The smallest absolute Gasteiger partial charge is 0.322 e. The number of hydrogen-bond acceptors (Lipinski definition) is 8. The number of methoxy groups -OCH3 is 1. The third-order valence-electron chi connectivity index (χ3n) is 2.30. The first-order chi connectivity index (χ1) is 10.5. The first-order valence-electron chi connectivity index (χ1n) is 6.16. The van der Waals surface area contributed by atoms with E-state index in [-0.39, 0.29) is 24.8 Å². The fourth-order valence-electron chi connectivity index (χ4n) is 1.47. The minimum absolute atomic E-state index is 0.0848. The minimum atomic E-state index is -0.250. The molecule has 0 aliphatic carbocycles. The molecule has 0 radical (unpaired) electrons. The lowest BCUT2D eigenvalue weighted by atomic mass is 10.4. The number of nitrogens with one attached hydrogen (secondary N) is 1. The first-order valence-corrected chi connectivity index (χ1v) is 6.98. The fourth-order valence-corrected chi connectivity index (χ4v) is 2.31. The molecule has 120 valence electrons. The first kappa shape index (κ1) is 17.7. The van der Waals surface area contributed by atoms with Crippen LogP contribution in [0.5, 0.6) is 0 Å². The summed E-state index contributed by atoms with van der Waals surface area (Å²) in [6.07, 6.45) is 0.243. The molecule has 2 heterocycles. The number of nitrogens with zero attached hydrogens (tertiary/aromatic N) is 3. The molecule has 2 aromatic heterocycles. The summed E-state index contributed by atoms with van der Waals surface area (Å²) >= 11 is 1.47. The number of anilines is 1. The lowest BCUT2D eigenvalue weighted by Gasteiger charge is -1.98. The number of aromatic nitrogens is 3. The number of ether oxygens (including phenoxy) is 1.